The number of aliphatic carboxylic acids is 1. The highest BCUT2D eigenvalue weighted by molar-refractivity contribution is 9.10. The van der Waals surface area contributed by atoms with Crippen LogP contribution in [0.5, 0.6) is 0 Å². The molecule has 1 fully saturated rings. The Morgan fingerprint density at radius 1 is 1.39 bits per heavy atom. The van der Waals surface area contributed by atoms with Crippen LogP contribution in [-0.2, 0) is 4.79 Å². The third kappa shape index (κ3) is 3.67. The summed E-state index contributed by atoms with van der Waals surface area (Å²) < 4.78 is 1.03. The lowest BCUT2D eigenvalue weighted by atomic mass is 9.95. The van der Waals surface area contributed by atoms with E-state index in [2.05, 4.69) is 51.3 Å². The van der Waals surface area contributed by atoms with E-state index in [4.69, 9.17) is 0 Å². The molecule has 0 bridgehead atoms. The second-order valence-electron chi connectivity index (χ2n) is 6.07. The standard InChI is InChI=1S/C18H20BrNO2S/c1-12-9-16(23-11-12)17(13-5-4-6-14(19)10-13)20-8-3-2-7-15(20)18(21)22/h4-6,9-11,15,17H,2-3,7-8H2,1H3,(H,21,22). The van der Waals surface area contributed by atoms with Crippen molar-refractivity contribution in [1.29, 1.82) is 0 Å². The molecular formula is C18H20BrNO2S. The van der Waals surface area contributed by atoms with E-state index in [1.807, 2.05) is 12.1 Å². The zero-order valence-corrected chi connectivity index (χ0v) is 15.4. The maximum atomic E-state index is 11.8. The Morgan fingerprint density at radius 3 is 2.87 bits per heavy atom. The van der Waals surface area contributed by atoms with Gasteiger partial charge in [-0.3, -0.25) is 9.69 Å². The first-order chi connectivity index (χ1) is 11.1. The smallest absolute Gasteiger partial charge is 0.320 e. The Morgan fingerprint density at radius 2 is 2.22 bits per heavy atom. The lowest BCUT2D eigenvalue weighted by Crippen LogP contribution is -2.46. The fraction of sp³-hybridized carbons (Fsp3) is 0.389. The zero-order valence-electron chi connectivity index (χ0n) is 13.0. The molecule has 2 unspecified atom stereocenters. The van der Waals surface area contributed by atoms with Gasteiger partial charge in [-0.1, -0.05) is 34.5 Å². The number of benzene rings is 1. The topological polar surface area (TPSA) is 40.5 Å². The Bertz CT molecular complexity index is 700. The molecule has 0 radical (unpaired) electrons. The molecule has 2 atom stereocenters. The summed E-state index contributed by atoms with van der Waals surface area (Å²) in [5.74, 6) is -0.710. The molecule has 0 amide bonds. The fourth-order valence-electron chi connectivity index (χ4n) is 3.32. The largest absolute Gasteiger partial charge is 0.480 e. The summed E-state index contributed by atoms with van der Waals surface area (Å²) in [6.07, 6.45) is 2.77. The van der Waals surface area contributed by atoms with Crippen LogP contribution < -0.4 is 0 Å². The number of carbonyl (C=O) groups is 1. The molecule has 1 saturated heterocycles. The summed E-state index contributed by atoms with van der Waals surface area (Å²) in [6, 6.07) is 10.0. The maximum Gasteiger partial charge on any atom is 0.320 e. The van der Waals surface area contributed by atoms with Gasteiger partial charge in [-0.2, -0.15) is 0 Å². The molecule has 0 spiro atoms. The highest BCUT2D eigenvalue weighted by Crippen LogP contribution is 2.37. The number of hydrogen-bond donors (Lipinski definition) is 1. The average Bonchev–Trinajstić information content (AvgIpc) is 2.94. The molecule has 0 aliphatic carbocycles. The summed E-state index contributed by atoms with van der Waals surface area (Å²) in [5, 5.41) is 11.8. The predicted octanol–water partition coefficient (Wildman–Crippen LogP) is 4.85. The minimum Gasteiger partial charge on any atom is -0.480 e. The van der Waals surface area contributed by atoms with Gasteiger partial charge in [0.1, 0.15) is 6.04 Å². The van der Waals surface area contributed by atoms with Crippen LogP contribution in [0.2, 0.25) is 0 Å². The summed E-state index contributed by atoms with van der Waals surface area (Å²) in [5.41, 5.74) is 2.38. The van der Waals surface area contributed by atoms with Gasteiger partial charge in [0.15, 0.2) is 0 Å². The van der Waals surface area contributed by atoms with E-state index in [1.54, 1.807) is 11.3 Å². The molecule has 1 aliphatic rings. The SMILES string of the molecule is Cc1csc(C(c2cccc(Br)c2)N2CCCCC2C(=O)O)c1. The summed E-state index contributed by atoms with van der Waals surface area (Å²) in [6.45, 7) is 2.91. The van der Waals surface area contributed by atoms with Crippen molar-refractivity contribution >= 4 is 33.2 Å². The average molecular weight is 394 g/mol. The summed E-state index contributed by atoms with van der Waals surface area (Å²) >= 11 is 5.26. The molecule has 2 heterocycles. The number of nitrogens with zero attached hydrogens (tertiary/aromatic N) is 1. The normalized spacial score (nSPS) is 20.3. The van der Waals surface area contributed by atoms with E-state index in [9.17, 15) is 9.90 Å². The van der Waals surface area contributed by atoms with E-state index in [0.717, 1.165) is 35.8 Å². The van der Waals surface area contributed by atoms with Crippen molar-refractivity contribution in [2.75, 3.05) is 6.54 Å². The van der Waals surface area contributed by atoms with E-state index in [1.165, 1.54) is 10.4 Å². The van der Waals surface area contributed by atoms with Crippen molar-refractivity contribution < 1.29 is 9.90 Å². The second-order valence-corrected chi connectivity index (χ2v) is 7.93. The molecule has 5 heteroatoms. The van der Waals surface area contributed by atoms with Gasteiger partial charge in [0, 0.05) is 9.35 Å². The van der Waals surface area contributed by atoms with Crippen LogP contribution in [0, 0.1) is 6.92 Å². The van der Waals surface area contributed by atoms with Crippen LogP contribution >= 0.6 is 27.3 Å². The number of likely N-dealkylation sites (tertiary alicyclic amines) is 1. The van der Waals surface area contributed by atoms with Gasteiger partial charge in [0.05, 0.1) is 6.04 Å². The number of carboxylic acids is 1. The molecule has 1 aromatic heterocycles. The van der Waals surface area contributed by atoms with Gasteiger partial charge in [0.2, 0.25) is 0 Å². The van der Waals surface area contributed by atoms with Gasteiger partial charge >= 0.3 is 5.97 Å². The number of halogens is 1. The number of thiophene rings is 1. The molecule has 2 aromatic rings. The van der Waals surface area contributed by atoms with Gasteiger partial charge in [0.25, 0.3) is 0 Å². The lowest BCUT2D eigenvalue weighted by molar-refractivity contribution is -0.145. The van der Waals surface area contributed by atoms with Crippen LogP contribution in [0.25, 0.3) is 0 Å². The molecule has 1 aliphatic heterocycles. The minimum atomic E-state index is -0.710. The van der Waals surface area contributed by atoms with E-state index < -0.39 is 12.0 Å². The van der Waals surface area contributed by atoms with E-state index in [-0.39, 0.29) is 6.04 Å². The minimum absolute atomic E-state index is 0.00704. The Balaban J connectivity index is 2.05. The number of rotatable bonds is 4. The summed E-state index contributed by atoms with van der Waals surface area (Å²) in [7, 11) is 0. The van der Waals surface area contributed by atoms with Crippen LogP contribution in [0.4, 0.5) is 0 Å². The van der Waals surface area contributed by atoms with Gasteiger partial charge in [-0.15, -0.1) is 11.3 Å². The number of aryl methyl sites for hydroxylation is 1. The number of piperidine rings is 1. The van der Waals surface area contributed by atoms with Crippen molar-refractivity contribution in [1.82, 2.24) is 4.90 Å². The van der Waals surface area contributed by atoms with Gasteiger partial charge in [-0.25, -0.2) is 0 Å². The first-order valence-corrected chi connectivity index (χ1v) is 9.52. The fourth-order valence-corrected chi connectivity index (χ4v) is 4.78. The van der Waals surface area contributed by atoms with Crippen molar-refractivity contribution in [3.8, 4) is 0 Å². The molecular weight excluding hydrogens is 374 g/mol. The first-order valence-electron chi connectivity index (χ1n) is 7.85. The predicted molar refractivity (Wildman–Crippen MR) is 97.0 cm³/mol. The Hall–Kier alpha value is -1.17. The van der Waals surface area contributed by atoms with Crippen LogP contribution in [0.15, 0.2) is 40.2 Å². The molecule has 0 saturated carbocycles. The van der Waals surface area contributed by atoms with Crippen LogP contribution in [-0.4, -0.2) is 28.6 Å². The highest BCUT2D eigenvalue weighted by Gasteiger charge is 2.35. The van der Waals surface area contributed by atoms with Crippen LogP contribution in [0.1, 0.15) is 41.3 Å². The second kappa shape index (κ2) is 7.16. The third-order valence-corrected chi connectivity index (χ3v) is 5.94. The number of hydrogen-bond acceptors (Lipinski definition) is 3. The Labute approximate surface area is 149 Å². The maximum absolute atomic E-state index is 11.8. The quantitative estimate of drug-likeness (QED) is 0.806. The molecule has 1 N–H and O–H groups in total. The molecule has 122 valence electrons. The molecule has 3 nitrogen and oxygen atoms in total. The van der Waals surface area contributed by atoms with Crippen molar-refractivity contribution in [2.45, 2.75) is 38.3 Å². The monoisotopic (exact) mass is 393 g/mol. The first kappa shape index (κ1) is 16.7. The Kier molecular flexibility index (Phi) is 5.19. The number of carboxylic acid groups (broad SMARTS) is 1. The van der Waals surface area contributed by atoms with Crippen molar-refractivity contribution in [3.05, 3.63) is 56.2 Å². The molecule has 1 aromatic carbocycles. The van der Waals surface area contributed by atoms with Crippen molar-refractivity contribution in [2.24, 2.45) is 0 Å². The lowest BCUT2D eigenvalue weighted by Gasteiger charge is -2.39. The zero-order chi connectivity index (χ0) is 16.4. The van der Waals surface area contributed by atoms with E-state index >= 15 is 0 Å². The highest BCUT2D eigenvalue weighted by atomic mass is 79.9. The molecule has 3 rings (SSSR count). The van der Waals surface area contributed by atoms with E-state index in [0.29, 0.717) is 0 Å². The van der Waals surface area contributed by atoms with Crippen LogP contribution in [0.3, 0.4) is 0 Å². The molecule has 23 heavy (non-hydrogen) atoms. The summed E-state index contributed by atoms with van der Waals surface area (Å²) in [4.78, 5) is 15.1. The third-order valence-electron chi connectivity index (χ3n) is 4.35. The van der Waals surface area contributed by atoms with Crippen molar-refractivity contribution in [3.63, 3.8) is 0 Å². The van der Waals surface area contributed by atoms with Gasteiger partial charge in [-0.05, 0) is 61.0 Å². The van der Waals surface area contributed by atoms with Gasteiger partial charge < -0.3 is 5.11 Å².